The van der Waals surface area contributed by atoms with E-state index in [1.807, 2.05) is 30.5 Å². The lowest BCUT2D eigenvalue weighted by atomic mass is 9.93. The molecule has 1 aliphatic rings. The van der Waals surface area contributed by atoms with Crippen molar-refractivity contribution in [1.29, 1.82) is 0 Å². The molecule has 0 radical (unpaired) electrons. The number of hydrogen-bond acceptors (Lipinski definition) is 8. The van der Waals surface area contributed by atoms with Crippen molar-refractivity contribution in [2.45, 2.75) is 44.4 Å². The number of aliphatic hydroxyl groups excluding tert-OH is 1. The maximum Gasteiger partial charge on any atom is 0.244 e. The zero-order chi connectivity index (χ0) is 23.5. The molecule has 0 saturated heterocycles. The van der Waals surface area contributed by atoms with Gasteiger partial charge in [-0.15, -0.1) is 10.2 Å². The van der Waals surface area contributed by atoms with E-state index in [2.05, 4.69) is 25.7 Å². The Labute approximate surface area is 195 Å². The van der Waals surface area contributed by atoms with Crippen molar-refractivity contribution in [3.05, 3.63) is 30.5 Å². The maximum atomic E-state index is 12.9. The van der Waals surface area contributed by atoms with Crippen LogP contribution in [0.15, 0.2) is 30.5 Å². The minimum absolute atomic E-state index is 0.0523. The van der Waals surface area contributed by atoms with Gasteiger partial charge < -0.3 is 19.9 Å². The first kappa shape index (κ1) is 22.5. The van der Waals surface area contributed by atoms with Gasteiger partial charge in [0.15, 0.2) is 0 Å². The van der Waals surface area contributed by atoms with E-state index in [-0.39, 0.29) is 25.3 Å². The van der Waals surface area contributed by atoms with Gasteiger partial charge in [-0.2, -0.15) is 4.98 Å². The van der Waals surface area contributed by atoms with Crippen LogP contribution in [0.3, 0.4) is 0 Å². The monoisotopic (exact) mass is 469 g/mol. The molecule has 1 fully saturated rings. The summed E-state index contributed by atoms with van der Waals surface area (Å²) in [5.74, 6) is 0.972. The van der Waals surface area contributed by atoms with Gasteiger partial charge in [0.25, 0.3) is 0 Å². The van der Waals surface area contributed by atoms with E-state index in [9.17, 15) is 4.39 Å². The molecule has 5 rings (SSSR count). The molecule has 0 unspecified atom stereocenters. The number of nitrogens with one attached hydrogen (secondary N) is 1. The van der Waals surface area contributed by atoms with Crippen LogP contribution in [-0.4, -0.2) is 73.8 Å². The number of fused-ring (bicyclic) bond motifs is 2. The number of aryl methyl sites for hydroxylation is 1. The van der Waals surface area contributed by atoms with E-state index in [0.717, 1.165) is 47.8 Å². The second-order valence-corrected chi connectivity index (χ2v) is 8.38. The highest BCUT2D eigenvalue weighted by molar-refractivity contribution is 5.89. The minimum atomic E-state index is -0.507. The number of halogens is 1. The molecule has 1 aromatic carbocycles. The lowest BCUT2D eigenvalue weighted by molar-refractivity contribution is 0.00718. The van der Waals surface area contributed by atoms with Gasteiger partial charge in [-0.25, -0.2) is 13.6 Å². The molecule has 11 heteroatoms. The van der Waals surface area contributed by atoms with Gasteiger partial charge in [0.2, 0.25) is 11.8 Å². The van der Waals surface area contributed by atoms with Crippen molar-refractivity contribution < 1.29 is 19.0 Å². The molecule has 0 atom stereocenters. The third-order valence-corrected chi connectivity index (χ3v) is 6.25. The normalized spacial score (nSPS) is 18.6. The predicted molar refractivity (Wildman–Crippen MR) is 125 cm³/mol. The zero-order valence-corrected chi connectivity index (χ0v) is 19.0. The summed E-state index contributed by atoms with van der Waals surface area (Å²) in [4.78, 5) is 4.63. The number of benzene rings is 1. The van der Waals surface area contributed by atoms with Crippen molar-refractivity contribution >= 4 is 22.5 Å². The van der Waals surface area contributed by atoms with Crippen LogP contribution in [0.5, 0.6) is 5.88 Å². The molecule has 0 spiro atoms. The van der Waals surface area contributed by atoms with Crippen LogP contribution in [0.4, 0.5) is 10.3 Å². The third-order valence-electron chi connectivity index (χ3n) is 6.25. The summed E-state index contributed by atoms with van der Waals surface area (Å²) in [6.45, 7) is 0.0913. The average Bonchev–Trinajstić information content (AvgIpc) is 3.47. The molecule has 0 amide bonds. The first-order valence-corrected chi connectivity index (χ1v) is 11.5. The van der Waals surface area contributed by atoms with E-state index < -0.39 is 6.67 Å². The molecule has 3 heterocycles. The van der Waals surface area contributed by atoms with E-state index in [4.69, 9.17) is 14.6 Å². The quantitative estimate of drug-likeness (QED) is 0.385. The number of hydrogen-bond donors (Lipinski definition) is 2. The Kier molecular flexibility index (Phi) is 6.54. The zero-order valence-electron chi connectivity index (χ0n) is 19.0. The fourth-order valence-electron chi connectivity index (χ4n) is 4.58. The average molecular weight is 470 g/mol. The molecule has 2 N–H and O–H groups in total. The van der Waals surface area contributed by atoms with Crippen LogP contribution < -0.4 is 10.1 Å². The summed E-state index contributed by atoms with van der Waals surface area (Å²) in [6.07, 6.45) is 5.82. The molecule has 180 valence electrons. The van der Waals surface area contributed by atoms with Crippen molar-refractivity contribution in [3.63, 3.8) is 0 Å². The van der Waals surface area contributed by atoms with Crippen molar-refractivity contribution in [3.8, 4) is 17.0 Å². The Bertz CT molecular complexity index is 1270. The van der Waals surface area contributed by atoms with Crippen LogP contribution in [0, 0.1) is 0 Å². The summed E-state index contributed by atoms with van der Waals surface area (Å²) < 4.78 is 27.5. The number of rotatable bonds is 9. The number of anilines is 1. The molecule has 1 saturated carbocycles. The predicted octanol–water partition coefficient (Wildman–Crippen LogP) is 2.85. The molecule has 10 nitrogen and oxygen atoms in total. The van der Waals surface area contributed by atoms with E-state index in [0.29, 0.717) is 24.0 Å². The summed E-state index contributed by atoms with van der Waals surface area (Å²) in [6, 6.07) is 7.99. The number of aliphatic hydroxyl groups is 1. The highest BCUT2D eigenvalue weighted by Gasteiger charge is 2.23. The van der Waals surface area contributed by atoms with Gasteiger partial charge >= 0.3 is 0 Å². The number of methoxy groups -OCH3 is 1. The third kappa shape index (κ3) is 4.40. The SMILES string of the molecule is COc1nc(N[C@H]2CC[C@@H](OCCO)CC2)nn2ccc(-c3ccc4nnn(CCF)c4c3)c12. The molecule has 1 aliphatic carbocycles. The summed E-state index contributed by atoms with van der Waals surface area (Å²) in [5.41, 5.74) is 4.05. The number of ether oxygens (including phenoxy) is 2. The molecule has 0 aliphatic heterocycles. The van der Waals surface area contributed by atoms with Crippen molar-refractivity contribution in [2.75, 3.05) is 32.3 Å². The lowest BCUT2D eigenvalue weighted by Gasteiger charge is -2.29. The second-order valence-electron chi connectivity index (χ2n) is 8.38. The Morgan fingerprint density at radius 2 is 2.06 bits per heavy atom. The van der Waals surface area contributed by atoms with Gasteiger partial charge in [-0.05, 0) is 49.4 Å². The van der Waals surface area contributed by atoms with Crippen molar-refractivity contribution in [1.82, 2.24) is 29.6 Å². The fourth-order valence-corrected chi connectivity index (χ4v) is 4.58. The Morgan fingerprint density at radius 1 is 1.21 bits per heavy atom. The Hall–Kier alpha value is -3.31. The standard InChI is InChI=1S/C23H28FN7O3/c1-33-22-21-18(15-2-7-19-20(14-15)30(11-9-24)29-27-19)8-10-31(21)28-23(26-22)25-16-3-5-17(6-4-16)34-13-12-32/h2,7-8,10,14,16-17,32H,3-6,9,11-13H2,1H3,(H,25,28)/t16-,17+. The minimum Gasteiger partial charge on any atom is -0.479 e. The summed E-state index contributed by atoms with van der Waals surface area (Å²) >= 11 is 0. The van der Waals surface area contributed by atoms with Crippen LogP contribution in [0.2, 0.25) is 0 Å². The van der Waals surface area contributed by atoms with Gasteiger partial charge in [-0.3, -0.25) is 0 Å². The molecule has 0 bridgehead atoms. The summed E-state index contributed by atoms with van der Waals surface area (Å²) in [5, 5.41) is 25.2. The highest BCUT2D eigenvalue weighted by Crippen LogP contribution is 2.33. The topological polar surface area (TPSA) is 112 Å². The van der Waals surface area contributed by atoms with E-state index in [1.54, 1.807) is 16.3 Å². The molecule has 4 aromatic rings. The molecular formula is C23H28FN7O3. The molecule has 34 heavy (non-hydrogen) atoms. The lowest BCUT2D eigenvalue weighted by Crippen LogP contribution is -2.31. The van der Waals surface area contributed by atoms with E-state index >= 15 is 0 Å². The number of alkyl halides is 1. The number of aromatic nitrogens is 6. The van der Waals surface area contributed by atoms with Crippen LogP contribution in [0.25, 0.3) is 27.7 Å². The van der Waals surface area contributed by atoms with Gasteiger partial charge in [0.05, 0.1) is 38.5 Å². The Balaban J connectivity index is 1.40. The first-order chi connectivity index (χ1) is 16.7. The maximum absolute atomic E-state index is 12.9. The smallest absolute Gasteiger partial charge is 0.244 e. The van der Waals surface area contributed by atoms with Gasteiger partial charge in [0.1, 0.15) is 17.7 Å². The molecule has 3 aromatic heterocycles. The van der Waals surface area contributed by atoms with Crippen LogP contribution >= 0.6 is 0 Å². The first-order valence-electron chi connectivity index (χ1n) is 11.5. The highest BCUT2D eigenvalue weighted by atomic mass is 19.1. The van der Waals surface area contributed by atoms with Gasteiger partial charge in [-0.1, -0.05) is 11.3 Å². The largest absolute Gasteiger partial charge is 0.479 e. The summed E-state index contributed by atoms with van der Waals surface area (Å²) in [7, 11) is 1.59. The molecular weight excluding hydrogens is 441 g/mol. The van der Waals surface area contributed by atoms with Gasteiger partial charge in [0, 0.05) is 17.8 Å². The Morgan fingerprint density at radius 3 is 2.82 bits per heavy atom. The van der Waals surface area contributed by atoms with Crippen LogP contribution in [0.1, 0.15) is 25.7 Å². The van der Waals surface area contributed by atoms with Crippen LogP contribution in [-0.2, 0) is 11.3 Å². The number of nitrogens with zero attached hydrogens (tertiary/aromatic N) is 6. The fraction of sp³-hybridized carbons (Fsp3) is 0.478. The van der Waals surface area contributed by atoms with Crippen molar-refractivity contribution in [2.24, 2.45) is 0 Å². The van der Waals surface area contributed by atoms with E-state index in [1.165, 1.54) is 0 Å². The second kappa shape index (κ2) is 9.90.